The summed E-state index contributed by atoms with van der Waals surface area (Å²) in [5, 5.41) is 0. The average Bonchev–Trinajstić information content (AvgIpc) is 2.10. The molecule has 0 heterocycles. The molecule has 0 fully saturated rings. The highest BCUT2D eigenvalue weighted by atomic mass is 32.2. The third-order valence-electron chi connectivity index (χ3n) is 1.59. The van der Waals surface area contributed by atoms with E-state index in [9.17, 15) is 21.6 Å². The second-order valence-electron chi connectivity index (χ2n) is 3.08. The maximum Gasteiger partial charge on any atom is 0.239 e. The van der Waals surface area contributed by atoms with Crippen molar-refractivity contribution in [1.82, 2.24) is 0 Å². The van der Waals surface area contributed by atoms with Gasteiger partial charge in [-0.2, -0.15) is 0 Å². The molecular formula is C8H7F3N2O2S2. The van der Waals surface area contributed by atoms with E-state index in [1.807, 2.05) is 4.72 Å². The Morgan fingerprint density at radius 3 is 2.18 bits per heavy atom. The van der Waals surface area contributed by atoms with Gasteiger partial charge in [0.15, 0.2) is 17.5 Å². The number of hydrogen-bond donors (Lipinski definition) is 2. The van der Waals surface area contributed by atoms with Crippen LogP contribution in [0.4, 0.5) is 18.9 Å². The first-order valence-corrected chi connectivity index (χ1v) is 6.20. The van der Waals surface area contributed by atoms with Gasteiger partial charge in [-0.05, 0) is 0 Å². The van der Waals surface area contributed by atoms with Crippen LogP contribution in [0.2, 0.25) is 0 Å². The molecule has 0 bridgehead atoms. The van der Waals surface area contributed by atoms with Gasteiger partial charge in [0.25, 0.3) is 0 Å². The molecule has 0 radical (unpaired) electrons. The van der Waals surface area contributed by atoms with E-state index < -0.39 is 38.9 Å². The molecule has 1 aromatic rings. The minimum atomic E-state index is -3.95. The Bertz CT molecular complexity index is 537. The Hall–Kier alpha value is -1.35. The molecule has 0 saturated carbocycles. The molecule has 1 rings (SSSR count). The van der Waals surface area contributed by atoms with E-state index in [0.717, 1.165) is 0 Å². The lowest BCUT2D eigenvalue weighted by Crippen LogP contribution is -2.26. The number of thiocarbonyl (C=S) groups is 1. The van der Waals surface area contributed by atoms with Crippen molar-refractivity contribution in [2.45, 2.75) is 0 Å². The van der Waals surface area contributed by atoms with Gasteiger partial charge in [0.05, 0.1) is 10.7 Å². The second-order valence-corrected chi connectivity index (χ2v) is 5.33. The lowest BCUT2D eigenvalue weighted by Gasteiger charge is -2.07. The molecule has 0 amide bonds. The van der Waals surface area contributed by atoms with E-state index in [-0.39, 0.29) is 4.99 Å². The van der Waals surface area contributed by atoms with Crippen molar-refractivity contribution in [3.05, 3.63) is 29.6 Å². The predicted octanol–water partition coefficient (Wildman–Crippen LogP) is 1.13. The summed E-state index contributed by atoms with van der Waals surface area (Å²) in [4.78, 5) is -0.305. The SMILES string of the molecule is NC(=S)CS(=O)(=O)Nc1cc(F)c(F)c(F)c1. The van der Waals surface area contributed by atoms with Crippen LogP contribution >= 0.6 is 12.2 Å². The Balaban J connectivity index is 3.01. The summed E-state index contributed by atoms with van der Waals surface area (Å²) in [6, 6.07) is 1.02. The highest BCUT2D eigenvalue weighted by molar-refractivity contribution is 7.95. The van der Waals surface area contributed by atoms with Crippen LogP contribution in [0.3, 0.4) is 0 Å². The van der Waals surface area contributed by atoms with Gasteiger partial charge in [-0.25, -0.2) is 21.6 Å². The normalized spacial score (nSPS) is 11.2. The Morgan fingerprint density at radius 2 is 1.76 bits per heavy atom. The van der Waals surface area contributed by atoms with Crippen LogP contribution in [-0.2, 0) is 10.0 Å². The molecule has 0 unspecified atom stereocenters. The summed E-state index contributed by atoms with van der Waals surface area (Å²) in [6.45, 7) is 0. The fourth-order valence-electron chi connectivity index (χ4n) is 1.02. The molecule has 0 atom stereocenters. The number of halogens is 3. The molecule has 9 heteroatoms. The summed E-state index contributed by atoms with van der Waals surface area (Å²) in [7, 11) is -3.95. The Kier molecular flexibility index (Phi) is 3.94. The monoisotopic (exact) mass is 284 g/mol. The molecule has 1 aromatic carbocycles. The molecule has 0 saturated heterocycles. The highest BCUT2D eigenvalue weighted by Crippen LogP contribution is 2.18. The summed E-state index contributed by atoms with van der Waals surface area (Å²) in [5.41, 5.74) is 4.57. The largest absolute Gasteiger partial charge is 0.392 e. The third kappa shape index (κ3) is 3.86. The maximum absolute atomic E-state index is 12.8. The fourth-order valence-corrected chi connectivity index (χ4v) is 2.41. The summed E-state index contributed by atoms with van der Waals surface area (Å²) in [5.74, 6) is -5.36. The molecule has 94 valence electrons. The van der Waals surface area contributed by atoms with E-state index in [4.69, 9.17) is 5.73 Å². The minimum Gasteiger partial charge on any atom is -0.392 e. The van der Waals surface area contributed by atoms with Crippen LogP contribution in [0.1, 0.15) is 0 Å². The van der Waals surface area contributed by atoms with Gasteiger partial charge in [0.1, 0.15) is 5.75 Å². The standard InChI is InChI=1S/C8H7F3N2O2S2/c9-5-1-4(2-6(10)8(5)11)13-17(14,15)3-7(12)16/h1-2,13H,3H2,(H2,12,16). The van der Waals surface area contributed by atoms with Crippen LogP contribution < -0.4 is 10.5 Å². The van der Waals surface area contributed by atoms with Crippen molar-refractivity contribution in [3.8, 4) is 0 Å². The summed E-state index contributed by atoms with van der Waals surface area (Å²) in [6.07, 6.45) is 0. The number of sulfonamides is 1. The first-order valence-electron chi connectivity index (χ1n) is 4.14. The fraction of sp³-hybridized carbons (Fsp3) is 0.125. The van der Waals surface area contributed by atoms with Gasteiger partial charge in [-0.1, -0.05) is 12.2 Å². The number of nitrogens with two attached hydrogens (primary N) is 1. The second kappa shape index (κ2) is 4.88. The molecule has 0 aliphatic heterocycles. The Morgan fingerprint density at radius 1 is 1.29 bits per heavy atom. The summed E-state index contributed by atoms with van der Waals surface area (Å²) >= 11 is 4.38. The van der Waals surface area contributed by atoms with Gasteiger partial charge in [-0.15, -0.1) is 0 Å². The third-order valence-corrected chi connectivity index (χ3v) is 3.15. The van der Waals surface area contributed by atoms with Crippen molar-refractivity contribution in [3.63, 3.8) is 0 Å². The van der Waals surface area contributed by atoms with Crippen LogP contribution in [-0.4, -0.2) is 19.2 Å². The zero-order chi connectivity index (χ0) is 13.2. The number of anilines is 1. The van der Waals surface area contributed by atoms with Crippen LogP contribution in [0.25, 0.3) is 0 Å². The van der Waals surface area contributed by atoms with Crippen molar-refractivity contribution >= 4 is 32.9 Å². The first-order chi connectivity index (χ1) is 7.71. The van der Waals surface area contributed by atoms with Gasteiger partial charge in [0.2, 0.25) is 10.0 Å². The molecule has 4 nitrogen and oxygen atoms in total. The predicted molar refractivity (Wildman–Crippen MR) is 60.5 cm³/mol. The molecule has 0 aliphatic carbocycles. The topological polar surface area (TPSA) is 72.2 Å². The molecule has 0 spiro atoms. The lowest BCUT2D eigenvalue weighted by molar-refractivity contribution is 0.448. The zero-order valence-electron chi connectivity index (χ0n) is 8.21. The smallest absolute Gasteiger partial charge is 0.239 e. The van der Waals surface area contributed by atoms with E-state index >= 15 is 0 Å². The average molecular weight is 284 g/mol. The molecular weight excluding hydrogens is 277 g/mol. The van der Waals surface area contributed by atoms with Gasteiger partial charge >= 0.3 is 0 Å². The number of rotatable bonds is 4. The molecule has 0 aromatic heterocycles. The van der Waals surface area contributed by atoms with Crippen LogP contribution in [0.15, 0.2) is 12.1 Å². The van der Waals surface area contributed by atoms with Gasteiger partial charge in [-0.3, -0.25) is 4.72 Å². The molecule has 3 N–H and O–H groups in total. The van der Waals surface area contributed by atoms with Crippen LogP contribution in [0, 0.1) is 17.5 Å². The minimum absolute atomic E-state index is 0.305. The van der Waals surface area contributed by atoms with Crippen molar-refractivity contribution < 1.29 is 21.6 Å². The van der Waals surface area contributed by atoms with Crippen LogP contribution in [0.5, 0.6) is 0 Å². The van der Waals surface area contributed by atoms with Crippen molar-refractivity contribution in [2.24, 2.45) is 5.73 Å². The van der Waals surface area contributed by atoms with Gasteiger partial charge < -0.3 is 5.73 Å². The number of nitrogens with one attached hydrogen (secondary N) is 1. The molecule has 0 aliphatic rings. The van der Waals surface area contributed by atoms with E-state index in [1.165, 1.54) is 0 Å². The van der Waals surface area contributed by atoms with E-state index in [2.05, 4.69) is 12.2 Å². The highest BCUT2D eigenvalue weighted by Gasteiger charge is 2.16. The van der Waals surface area contributed by atoms with E-state index in [0.29, 0.717) is 12.1 Å². The summed E-state index contributed by atoms with van der Waals surface area (Å²) < 4.78 is 62.6. The maximum atomic E-state index is 12.8. The number of hydrogen-bond acceptors (Lipinski definition) is 3. The first kappa shape index (κ1) is 13.7. The quantitative estimate of drug-likeness (QED) is 0.642. The number of benzene rings is 1. The van der Waals surface area contributed by atoms with Gasteiger partial charge in [0, 0.05) is 12.1 Å². The molecule has 17 heavy (non-hydrogen) atoms. The Labute approximate surface area is 101 Å². The zero-order valence-corrected chi connectivity index (χ0v) is 9.84. The van der Waals surface area contributed by atoms with Crippen molar-refractivity contribution in [2.75, 3.05) is 10.5 Å². The van der Waals surface area contributed by atoms with E-state index in [1.54, 1.807) is 0 Å². The van der Waals surface area contributed by atoms with Crippen molar-refractivity contribution in [1.29, 1.82) is 0 Å². The lowest BCUT2D eigenvalue weighted by atomic mass is 10.3.